The summed E-state index contributed by atoms with van der Waals surface area (Å²) >= 11 is 1.01. The van der Waals surface area contributed by atoms with Crippen molar-refractivity contribution in [2.45, 2.75) is 42.7 Å². The van der Waals surface area contributed by atoms with Crippen LogP contribution in [0.1, 0.15) is 26.2 Å². The Hall–Kier alpha value is -2.40. The second-order valence-corrected chi connectivity index (χ2v) is 14.1. The maximum atomic E-state index is 13.6. The molecule has 0 saturated carbocycles. The van der Waals surface area contributed by atoms with E-state index in [1.165, 1.54) is 13.0 Å². The van der Waals surface area contributed by atoms with Crippen molar-refractivity contribution in [1.29, 1.82) is 0 Å². The van der Waals surface area contributed by atoms with Crippen molar-refractivity contribution in [1.82, 2.24) is 14.1 Å². The van der Waals surface area contributed by atoms with Gasteiger partial charge in [0, 0.05) is 44.5 Å². The van der Waals surface area contributed by atoms with E-state index in [1.807, 2.05) is 0 Å². The van der Waals surface area contributed by atoms with Gasteiger partial charge in [0.15, 0.2) is 6.29 Å². The maximum absolute atomic E-state index is 13.6. The van der Waals surface area contributed by atoms with Crippen molar-refractivity contribution in [3.63, 3.8) is 0 Å². The molecule has 4 rings (SSSR count). The van der Waals surface area contributed by atoms with Crippen molar-refractivity contribution < 1.29 is 40.7 Å². The van der Waals surface area contributed by atoms with Crippen molar-refractivity contribution in [3.05, 3.63) is 36.4 Å². The molecule has 3 heterocycles. The number of carbonyl (C=O) groups excluding carboxylic acids is 2. The molecule has 1 amide bonds. The molecule has 2 unspecified atom stereocenters. The van der Waals surface area contributed by atoms with Crippen LogP contribution in [0.15, 0.2) is 40.6 Å². The number of hydroxylamine groups is 1. The van der Waals surface area contributed by atoms with E-state index in [4.69, 9.17) is 14.3 Å². The fraction of sp³-hybridized carbons (Fsp3) is 0.478. The highest BCUT2D eigenvalue weighted by Crippen LogP contribution is 2.34. The summed E-state index contributed by atoms with van der Waals surface area (Å²) in [6, 6.07) is 8.35. The highest BCUT2D eigenvalue weighted by molar-refractivity contribution is 7.91. The molecule has 0 spiro atoms. The van der Waals surface area contributed by atoms with Gasteiger partial charge in [0.1, 0.15) is 16.0 Å². The molecule has 0 aliphatic carbocycles. The minimum absolute atomic E-state index is 0.00120. The Kier molecular flexibility index (Phi) is 8.86. The number of ether oxygens (including phenoxy) is 2. The van der Waals surface area contributed by atoms with Crippen LogP contribution in [0, 0.1) is 0 Å². The molecule has 2 aromatic rings. The van der Waals surface area contributed by atoms with Crippen molar-refractivity contribution in [3.8, 4) is 16.2 Å². The number of hydrogen-bond acceptors (Lipinski definition) is 10. The van der Waals surface area contributed by atoms with Crippen LogP contribution in [-0.4, -0.2) is 82.2 Å². The lowest BCUT2D eigenvalue weighted by Crippen LogP contribution is -2.61. The predicted molar refractivity (Wildman–Crippen MR) is 138 cm³/mol. The number of thiophene rings is 1. The van der Waals surface area contributed by atoms with E-state index in [0.29, 0.717) is 29.2 Å². The van der Waals surface area contributed by atoms with E-state index in [2.05, 4.69) is 5.48 Å². The Bertz CT molecular complexity index is 1370. The highest BCUT2D eigenvalue weighted by atomic mass is 32.2. The number of rotatable bonds is 8. The number of nitrogens with zero attached hydrogens (tertiary/aromatic N) is 2. The van der Waals surface area contributed by atoms with Gasteiger partial charge in [0.25, 0.3) is 15.9 Å². The quantitative estimate of drug-likeness (QED) is 0.276. The summed E-state index contributed by atoms with van der Waals surface area (Å²) in [5.41, 5.74) is 2.99. The van der Waals surface area contributed by atoms with Gasteiger partial charge in [0.05, 0.1) is 6.26 Å². The lowest BCUT2D eigenvalue weighted by molar-refractivity contribution is -0.202. The first-order chi connectivity index (χ1) is 17.9. The highest BCUT2D eigenvalue weighted by Gasteiger charge is 2.43. The number of piperazine rings is 1. The first-order valence-corrected chi connectivity index (χ1v) is 16.0. The van der Waals surface area contributed by atoms with Crippen LogP contribution in [-0.2, 0) is 39.2 Å². The van der Waals surface area contributed by atoms with Crippen molar-refractivity contribution >= 4 is 43.3 Å². The van der Waals surface area contributed by atoms with Gasteiger partial charge in [-0.25, -0.2) is 27.2 Å². The first kappa shape index (κ1) is 28.6. The Morgan fingerprint density at radius 3 is 2.42 bits per heavy atom. The van der Waals surface area contributed by atoms with Crippen molar-refractivity contribution in [2.24, 2.45) is 0 Å². The van der Waals surface area contributed by atoms with Gasteiger partial charge < -0.3 is 9.47 Å². The largest absolute Gasteiger partial charge is 0.427 e. The number of benzene rings is 1. The molecule has 1 N–H and O–H groups in total. The molecular formula is C23H29N3O9S3. The normalized spacial score (nSPS) is 21.6. The topological polar surface area (TPSA) is 149 Å². The Labute approximate surface area is 225 Å². The summed E-state index contributed by atoms with van der Waals surface area (Å²) in [4.78, 5) is 30.2. The smallest absolute Gasteiger partial charge is 0.308 e. The number of nitrogens with one attached hydrogen (secondary N) is 1. The van der Waals surface area contributed by atoms with Crippen LogP contribution in [0.4, 0.5) is 0 Å². The summed E-state index contributed by atoms with van der Waals surface area (Å²) in [5.74, 6) is -0.869. The van der Waals surface area contributed by atoms with E-state index < -0.39 is 44.3 Å². The van der Waals surface area contributed by atoms with Crippen LogP contribution in [0.2, 0.25) is 0 Å². The fourth-order valence-corrected chi connectivity index (χ4v) is 7.96. The summed E-state index contributed by atoms with van der Waals surface area (Å²) in [6.45, 7) is 1.12. The summed E-state index contributed by atoms with van der Waals surface area (Å²) in [5, 5.41) is 0. The average molecular weight is 588 g/mol. The van der Waals surface area contributed by atoms with Gasteiger partial charge >= 0.3 is 5.97 Å². The molecule has 2 aliphatic rings. The van der Waals surface area contributed by atoms with Crippen LogP contribution in [0.25, 0.3) is 10.4 Å². The molecular weight excluding hydrogens is 558 g/mol. The van der Waals surface area contributed by atoms with E-state index in [-0.39, 0.29) is 23.8 Å². The fourth-order valence-electron chi connectivity index (χ4n) is 4.12. The molecule has 2 saturated heterocycles. The Balaban J connectivity index is 1.55. The second kappa shape index (κ2) is 11.8. The average Bonchev–Trinajstić information content (AvgIpc) is 3.38. The Morgan fingerprint density at radius 2 is 1.79 bits per heavy atom. The van der Waals surface area contributed by atoms with Gasteiger partial charge in [-0.05, 0) is 54.8 Å². The summed E-state index contributed by atoms with van der Waals surface area (Å²) in [7, 11) is -7.83. The van der Waals surface area contributed by atoms with E-state index in [0.717, 1.165) is 39.0 Å². The van der Waals surface area contributed by atoms with Gasteiger partial charge in [-0.2, -0.15) is 8.61 Å². The third kappa shape index (κ3) is 6.77. The number of esters is 1. The molecule has 0 radical (unpaired) electrons. The first-order valence-electron chi connectivity index (χ1n) is 11.9. The summed E-state index contributed by atoms with van der Waals surface area (Å²) < 4.78 is 64.2. The van der Waals surface area contributed by atoms with Gasteiger partial charge in [-0.1, -0.05) is 0 Å². The zero-order valence-electron chi connectivity index (χ0n) is 20.9. The maximum Gasteiger partial charge on any atom is 0.308 e. The standard InChI is InChI=1S/C23H29N3O9S3/c1-16(27)34-18-8-6-17(7-9-18)20-10-11-22(36-20)38(31,32)26-13-12-25(37(2,29)30)15-19(26)23(28)24-35-21-5-3-4-14-33-21/h6-11,19,21H,3-5,12-15H2,1-2H3,(H,24,28). The zero-order chi connectivity index (χ0) is 27.5. The van der Waals surface area contributed by atoms with Gasteiger partial charge in [-0.3, -0.25) is 9.59 Å². The number of hydrogen-bond donors (Lipinski definition) is 1. The molecule has 2 atom stereocenters. The van der Waals surface area contributed by atoms with Gasteiger partial charge in [0.2, 0.25) is 10.0 Å². The molecule has 1 aromatic carbocycles. The van der Waals surface area contributed by atoms with E-state index in [9.17, 15) is 26.4 Å². The molecule has 15 heteroatoms. The lowest BCUT2D eigenvalue weighted by atomic mass is 10.2. The minimum Gasteiger partial charge on any atom is -0.427 e. The van der Waals surface area contributed by atoms with Crippen LogP contribution < -0.4 is 10.2 Å². The van der Waals surface area contributed by atoms with E-state index in [1.54, 1.807) is 30.3 Å². The molecule has 1 aromatic heterocycles. The number of sulfonamides is 2. The third-order valence-electron chi connectivity index (χ3n) is 6.04. The van der Waals surface area contributed by atoms with E-state index >= 15 is 0 Å². The van der Waals surface area contributed by atoms with Crippen molar-refractivity contribution in [2.75, 3.05) is 32.5 Å². The summed E-state index contributed by atoms with van der Waals surface area (Å²) in [6.07, 6.45) is 2.67. The minimum atomic E-state index is -4.17. The third-order valence-corrected chi connectivity index (χ3v) is 10.8. The number of carbonyl (C=O) groups is 2. The number of amides is 1. The molecule has 208 valence electrons. The molecule has 38 heavy (non-hydrogen) atoms. The lowest BCUT2D eigenvalue weighted by Gasteiger charge is -2.38. The van der Waals surface area contributed by atoms with Crippen LogP contribution >= 0.6 is 11.3 Å². The SMILES string of the molecule is CC(=O)Oc1ccc(-c2ccc(S(=O)(=O)N3CCN(S(C)(=O)=O)CC3C(=O)NOC3CCCCO3)s2)cc1. The molecule has 2 fully saturated rings. The predicted octanol–water partition coefficient (Wildman–Crippen LogP) is 1.55. The second-order valence-electron chi connectivity index (χ2n) is 8.87. The zero-order valence-corrected chi connectivity index (χ0v) is 23.3. The molecule has 2 aliphatic heterocycles. The Morgan fingerprint density at radius 1 is 1.05 bits per heavy atom. The van der Waals surface area contributed by atoms with Gasteiger partial charge in [-0.15, -0.1) is 11.3 Å². The van der Waals surface area contributed by atoms with Crippen LogP contribution in [0.3, 0.4) is 0 Å². The van der Waals surface area contributed by atoms with Crippen LogP contribution in [0.5, 0.6) is 5.75 Å². The molecule has 12 nitrogen and oxygen atoms in total. The monoisotopic (exact) mass is 587 g/mol. The molecule has 0 bridgehead atoms.